The Morgan fingerprint density at radius 2 is 1.66 bits per heavy atom. The first-order valence-corrected chi connectivity index (χ1v) is 11.1. The molecule has 0 bridgehead atoms. The lowest BCUT2D eigenvalue weighted by Gasteiger charge is -2.31. The van der Waals surface area contributed by atoms with Crippen LogP contribution in [0.2, 0.25) is 0 Å². The second-order valence-electron chi connectivity index (χ2n) is 8.32. The van der Waals surface area contributed by atoms with Crippen molar-refractivity contribution < 1.29 is 19.1 Å². The molecule has 172 valence electrons. The maximum atomic E-state index is 12.3. The summed E-state index contributed by atoms with van der Waals surface area (Å²) in [6.07, 6.45) is 4.48. The average molecular weight is 440 g/mol. The Balaban J connectivity index is 1.37. The van der Waals surface area contributed by atoms with Crippen molar-refractivity contribution in [3.63, 3.8) is 0 Å². The molecule has 0 unspecified atom stereocenters. The van der Waals surface area contributed by atoms with Crippen LogP contribution in [0.3, 0.4) is 0 Å². The molecule has 0 spiro atoms. The molecule has 0 atom stereocenters. The first-order chi connectivity index (χ1) is 15.5. The van der Waals surface area contributed by atoms with Gasteiger partial charge in [-0.1, -0.05) is 29.8 Å². The van der Waals surface area contributed by atoms with Crippen molar-refractivity contribution in [1.82, 2.24) is 15.8 Å². The lowest BCUT2D eigenvalue weighted by atomic mass is 9.90. The first kappa shape index (κ1) is 23.6. The zero-order chi connectivity index (χ0) is 22.9. The third-order valence-electron chi connectivity index (χ3n) is 6.00. The molecule has 2 N–H and O–H groups in total. The number of hydrogen-bond acceptors (Lipinski definition) is 5. The molecule has 3 rings (SSSR count). The van der Waals surface area contributed by atoms with Crippen molar-refractivity contribution in [1.29, 1.82) is 0 Å². The zero-order valence-electron chi connectivity index (χ0n) is 19.1. The van der Waals surface area contributed by atoms with Gasteiger partial charge in [0.1, 0.15) is 0 Å². The number of likely N-dealkylation sites (tertiary alicyclic amines) is 1. The minimum atomic E-state index is -0.408. The number of hydrazine groups is 1. The van der Waals surface area contributed by atoms with Gasteiger partial charge in [0, 0.05) is 5.56 Å². The number of nitrogens with zero attached hydrogens (tertiary/aromatic N) is 1. The van der Waals surface area contributed by atoms with Crippen LogP contribution >= 0.6 is 0 Å². The second-order valence-corrected chi connectivity index (χ2v) is 8.32. The standard InChI is InChI=1S/C25H33N3O4/c1-18-4-6-19(7-5-18)8-9-20-12-14-28(15-13-20)17-24(29)26-27-25(30)21-10-11-22(31-2)23(16-21)32-3/h4-7,10-11,16,20H,8-9,12-15,17H2,1-3H3,(H,26,29)(H,27,30). The van der Waals surface area contributed by atoms with Crippen molar-refractivity contribution >= 4 is 11.8 Å². The molecule has 0 aromatic heterocycles. The van der Waals surface area contributed by atoms with E-state index in [1.54, 1.807) is 18.2 Å². The summed E-state index contributed by atoms with van der Waals surface area (Å²) in [4.78, 5) is 26.7. The van der Waals surface area contributed by atoms with Crippen LogP contribution in [0.15, 0.2) is 42.5 Å². The number of methoxy groups -OCH3 is 2. The molecule has 1 aliphatic rings. The average Bonchev–Trinajstić information content (AvgIpc) is 2.82. The SMILES string of the molecule is COc1ccc(C(=O)NNC(=O)CN2CCC(CCc3ccc(C)cc3)CC2)cc1OC. The Hall–Kier alpha value is -3.06. The van der Waals surface area contributed by atoms with E-state index in [1.807, 2.05) is 0 Å². The van der Waals surface area contributed by atoms with Crippen LogP contribution in [-0.4, -0.2) is 50.6 Å². The molecule has 1 fully saturated rings. The van der Waals surface area contributed by atoms with Crippen molar-refractivity contribution in [2.75, 3.05) is 33.9 Å². The normalized spacial score (nSPS) is 14.6. The summed E-state index contributed by atoms with van der Waals surface area (Å²) in [7, 11) is 3.04. The van der Waals surface area contributed by atoms with Crippen LogP contribution in [0.1, 0.15) is 40.7 Å². The van der Waals surface area contributed by atoms with E-state index in [-0.39, 0.29) is 12.5 Å². The van der Waals surface area contributed by atoms with Crippen LogP contribution in [-0.2, 0) is 11.2 Å². The molecule has 0 radical (unpaired) electrons. The summed E-state index contributed by atoms with van der Waals surface area (Å²) in [5.41, 5.74) is 8.03. The Morgan fingerprint density at radius 3 is 2.31 bits per heavy atom. The van der Waals surface area contributed by atoms with Gasteiger partial charge in [-0.15, -0.1) is 0 Å². The molecular weight excluding hydrogens is 406 g/mol. The van der Waals surface area contributed by atoms with Crippen molar-refractivity contribution in [2.24, 2.45) is 5.92 Å². The van der Waals surface area contributed by atoms with E-state index in [9.17, 15) is 9.59 Å². The lowest BCUT2D eigenvalue weighted by molar-refractivity contribution is -0.123. The first-order valence-electron chi connectivity index (χ1n) is 11.1. The quantitative estimate of drug-likeness (QED) is 0.618. The number of hydrogen-bond donors (Lipinski definition) is 2. The number of benzene rings is 2. The van der Waals surface area contributed by atoms with Crippen molar-refractivity contribution in [3.8, 4) is 11.5 Å². The minimum Gasteiger partial charge on any atom is -0.493 e. The Labute approximate surface area is 190 Å². The summed E-state index contributed by atoms with van der Waals surface area (Å²) >= 11 is 0. The van der Waals surface area contributed by atoms with Gasteiger partial charge in [0.25, 0.3) is 11.8 Å². The molecule has 1 heterocycles. The summed E-state index contributed by atoms with van der Waals surface area (Å²) in [5, 5.41) is 0. The molecule has 7 heteroatoms. The number of piperidine rings is 1. The smallest absolute Gasteiger partial charge is 0.269 e. The number of nitrogens with one attached hydrogen (secondary N) is 2. The highest BCUT2D eigenvalue weighted by Gasteiger charge is 2.21. The van der Waals surface area contributed by atoms with E-state index in [4.69, 9.17) is 9.47 Å². The summed E-state index contributed by atoms with van der Waals surface area (Å²) in [5.74, 6) is 1.05. The molecule has 2 aromatic carbocycles. The molecular formula is C25H33N3O4. The van der Waals surface area contributed by atoms with Crippen LogP contribution in [0, 0.1) is 12.8 Å². The number of amides is 2. The van der Waals surface area contributed by atoms with Gasteiger partial charge in [0.05, 0.1) is 20.8 Å². The van der Waals surface area contributed by atoms with Crippen LogP contribution < -0.4 is 20.3 Å². The molecule has 1 saturated heterocycles. The van der Waals surface area contributed by atoms with Gasteiger partial charge in [-0.3, -0.25) is 25.3 Å². The Bertz CT molecular complexity index is 906. The fourth-order valence-electron chi connectivity index (χ4n) is 3.98. The Morgan fingerprint density at radius 1 is 0.969 bits per heavy atom. The number of aryl methyl sites for hydroxylation is 2. The van der Waals surface area contributed by atoms with E-state index in [1.165, 1.54) is 31.8 Å². The highest BCUT2D eigenvalue weighted by atomic mass is 16.5. The van der Waals surface area contributed by atoms with Gasteiger partial charge in [-0.05, 0) is 75.4 Å². The maximum Gasteiger partial charge on any atom is 0.269 e. The lowest BCUT2D eigenvalue weighted by Crippen LogP contribution is -2.47. The molecule has 0 aliphatic carbocycles. The van der Waals surface area contributed by atoms with E-state index in [0.29, 0.717) is 23.0 Å². The maximum absolute atomic E-state index is 12.3. The predicted molar refractivity (Wildman–Crippen MR) is 124 cm³/mol. The largest absolute Gasteiger partial charge is 0.493 e. The molecule has 2 aromatic rings. The highest BCUT2D eigenvalue weighted by molar-refractivity contribution is 5.96. The predicted octanol–water partition coefficient (Wildman–Crippen LogP) is 3.12. The van der Waals surface area contributed by atoms with E-state index in [0.717, 1.165) is 32.4 Å². The summed E-state index contributed by atoms with van der Waals surface area (Å²) in [6.45, 7) is 4.18. The summed E-state index contributed by atoms with van der Waals surface area (Å²) < 4.78 is 10.4. The van der Waals surface area contributed by atoms with Crippen LogP contribution in [0.25, 0.3) is 0 Å². The molecule has 32 heavy (non-hydrogen) atoms. The summed E-state index contributed by atoms with van der Waals surface area (Å²) in [6, 6.07) is 13.6. The van der Waals surface area contributed by atoms with Crippen molar-refractivity contribution in [3.05, 3.63) is 59.2 Å². The molecule has 1 aliphatic heterocycles. The monoisotopic (exact) mass is 439 g/mol. The van der Waals surface area contributed by atoms with E-state index < -0.39 is 5.91 Å². The molecule has 0 saturated carbocycles. The fraction of sp³-hybridized carbons (Fsp3) is 0.440. The van der Waals surface area contributed by atoms with Gasteiger partial charge in [-0.25, -0.2) is 0 Å². The van der Waals surface area contributed by atoms with Gasteiger partial charge < -0.3 is 9.47 Å². The minimum absolute atomic E-state index is 0.225. The number of ether oxygens (including phenoxy) is 2. The third-order valence-corrected chi connectivity index (χ3v) is 6.00. The number of rotatable bonds is 8. The number of carbonyl (C=O) groups is 2. The van der Waals surface area contributed by atoms with Crippen LogP contribution in [0.5, 0.6) is 11.5 Å². The topological polar surface area (TPSA) is 79.9 Å². The van der Waals surface area contributed by atoms with Crippen LogP contribution in [0.4, 0.5) is 0 Å². The second kappa shape index (κ2) is 11.5. The number of carbonyl (C=O) groups excluding carboxylic acids is 2. The van der Waals surface area contributed by atoms with E-state index in [2.05, 4.69) is 46.9 Å². The molecule has 2 amide bonds. The fourth-order valence-corrected chi connectivity index (χ4v) is 3.98. The van der Waals surface area contributed by atoms with Gasteiger partial charge in [-0.2, -0.15) is 0 Å². The highest BCUT2D eigenvalue weighted by Crippen LogP contribution is 2.27. The molecule has 7 nitrogen and oxygen atoms in total. The Kier molecular flexibility index (Phi) is 8.50. The van der Waals surface area contributed by atoms with Gasteiger partial charge in [0.15, 0.2) is 11.5 Å². The van der Waals surface area contributed by atoms with Gasteiger partial charge in [0.2, 0.25) is 0 Å². The van der Waals surface area contributed by atoms with E-state index >= 15 is 0 Å². The third kappa shape index (κ3) is 6.72. The zero-order valence-corrected chi connectivity index (χ0v) is 19.1. The van der Waals surface area contributed by atoms with Gasteiger partial charge >= 0.3 is 0 Å². The van der Waals surface area contributed by atoms with Crippen molar-refractivity contribution in [2.45, 2.75) is 32.6 Å².